The molecule has 1 amide bonds. The second-order valence-electron chi connectivity index (χ2n) is 5.22. The van der Waals surface area contributed by atoms with Crippen molar-refractivity contribution < 1.29 is 9.90 Å². The number of halogens is 1. The van der Waals surface area contributed by atoms with Gasteiger partial charge in [0.05, 0.1) is 13.0 Å². The molecule has 1 aliphatic rings. The Morgan fingerprint density at radius 2 is 2.25 bits per heavy atom. The van der Waals surface area contributed by atoms with Crippen LogP contribution in [0.25, 0.3) is 10.9 Å². The Morgan fingerprint density at radius 3 is 2.95 bits per heavy atom. The molecule has 0 unspecified atom stereocenters. The highest BCUT2D eigenvalue weighted by molar-refractivity contribution is 6.31. The van der Waals surface area contributed by atoms with E-state index in [1.807, 2.05) is 24.4 Å². The number of nitrogens with one attached hydrogen (secondary N) is 1. The maximum atomic E-state index is 12.4. The summed E-state index contributed by atoms with van der Waals surface area (Å²) in [7, 11) is 0. The van der Waals surface area contributed by atoms with E-state index in [9.17, 15) is 4.79 Å². The van der Waals surface area contributed by atoms with Crippen LogP contribution in [0.1, 0.15) is 18.4 Å². The molecule has 0 radical (unpaired) electrons. The standard InChI is InChI=1S/C15H17ClN2O2/c16-11-1-4-13-10(9-17-14(13)8-11)7-15(20)18(5-6-19)12-2-3-12/h1,4,8-9,12,17,19H,2-3,5-7H2. The van der Waals surface area contributed by atoms with Gasteiger partial charge in [0.2, 0.25) is 5.91 Å². The van der Waals surface area contributed by atoms with Crippen LogP contribution in [0.4, 0.5) is 0 Å². The zero-order chi connectivity index (χ0) is 14.1. The molecule has 4 nitrogen and oxygen atoms in total. The molecule has 1 heterocycles. The minimum absolute atomic E-state index is 0.0196. The number of carbonyl (C=O) groups excluding carboxylic acids is 1. The van der Waals surface area contributed by atoms with Gasteiger partial charge in [0.25, 0.3) is 0 Å². The van der Waals surface area contributed by atoms with Gasteiger partial charge in [0, 0.05) is 34.7 Å². The Morgan fingerprint density at radius 1 is 1.45 bits per heavy atom. The number of nitrogens with zero attached hydrogens (tertiary/aromatic N) is 1. The Kier molecular flexibility index (Phi) is 3.68. The summed E-state index contributed by atoms with van der Waals surface area (Å²) in [5, 5.41) is 10.8. The summed E-state index contributed by atoms with van der Waals surface area (Å²) in [4.78, 5) is 17.3. The molecule has 0 atom stereocenters. The van der Waals surface area contributed by atoms with E-state index < -0.39 is 0 Å². The third-order valence-electron chi connectivity index (χ3n) is 3.72. The van der Waals surface area contributed by atoms with Crippen molar-refractivity contribution in [3.63, 3.8) is 0 Å². The van der Waals surface area contributed by atoms with Crippen LogP contribution < -0.4 is 0 Å². The van der Waals surface area contributed by atoms with Crippen LogP contribution in [0, 0.1) is 0 Å². The Balaban J connectivity index is 1.79. The van der Waals surface area contributed by atoms with E-state index in [-0.39, 0.29) is 12.5 Å². The van der Waals surface area contributed by atoms with Crippen molar-refractivity contribution >= 4 is 28.4 Å². The fourth-order valence-electron chi connectivity index (χ4n) is 2.57. The van der Waals surface area contributed by atoms with E-state index in [0.29, 0.717) is 24.0 Å². The van der Waals surface area contributed by atoms with Crippen LogP contribution in [-0.4, -0.2) is 40.1 Å². The second kappa shape index (κ2) is 5.46. The molecule has 0 aliphatic heterocycles. The molecule has 3 rings (SSSR count). The van der Waals surface area contributed by atoms with Gasteiger partial charge in [0.15, 0.2) is 0 Å². The number of carbonyl (C=O) groups is 1. The van der Waals surface area contributed by atoms with E-state index in [4.69, 9.17) is 16.7 Å². The van der Waals surface area contributed by atoms with Gasteiger partial charge in [-0.05, 0) is 30.5 Å². The SMILES string of the molecule is O=C(Cc1c[nH]c2cc(Cl)ccc12)N(CCO)C1CC1. The zero-order valence-corrected chi connectivity index (χ0v) is 11.9. The number of rotatable bonds is 5. The number of benzene rings is 1. The minimum Gasteiger partial charge on any atom is -0.395 e. The average molecular weight is 293 g/mol. The number of H-pyrrole nitrogens is 1. The number of aromatic nitrogens is 1. The molecular weight excluding hydrogens is 276 g/mol. The predicted molar refractivity (Wildman–Crippen MR) is 78.8 cm³/mol. The fourth-order valence-corrected chi connectivity index (χ4v) is 2.75. The molecule has 1 aromatic heterocycles. The number of amides is 1. The minimum atomic E-state index is 0.0196. The Hall–Kier alpha value is -1.52. The van der Waals surface area contributed by atoms with Crippen LogP contribution in [0.15, 0.2) is 24.4 Å². The lowest BCUT2D eigenvalue weighted by molar-refractivity contribution is -0.131. The van der Waals surface area contributed by atoms with Crippen molar-refractivity contribution in [3.8, 4) is 0 Å². The van der Waals surface area contributed by atoms with Gasteiger partial charge in [-0.15, -0.1) is 0 Å². The largest absolute Gasteiger partial charge is 0.395 e. The first-order chi connectivity index (χ1) is 9.69. The second-order valence-corrected chi connectivity index (χ2v) is 5.66. The van der Waals surface area contributed by atoms with Crippen LogP contribution in [0.2, 0.25) is 5.02 Å². The highest BCUT2D eigenvalue weighted by Crippen LogP contribution is 2.28. The van der Waals surface area contributed by atoms with Gasteiger partial charge >= 0.3 is 0 Å². The molecular formula is C15H17ClN2O2. The number of aliphatic hydroxyl groups excluding tert-OH is 1. The van der Waals surface area contributed by atoms with Crippen molar-refractivity contribution in [3.05, 3.63) is 35.0 Å². The molecule has 20 heavy (non-hydrogen) atoms. The average Bonchev–Trinajstić information content (AvgIpc) is 3.19. The van der Waals surface area contributed by atoms with Gasteiger partial charge in [-0.3, -0.25) is 4.79 Å². The molecule has 1 saturated carbocycles. The van der Waals surface area contributed by atoms with Crippen molar-refractivity contribution in [2.75, 3.05) is 13.2 Å². The maximum absolute atomic E-state index is 12.4. The van der Waals surface area contributed by atoms with Crippen molar-refractivity contribution in [2.45, 2.75) is 25.3 Å². The molecule has 0 bridgehead atoms. The molecule has 1 aliphatic carbocycles. The maximum Gasteiger partial charge on any atom is 0.227 e. The molecule has 106 valence electrons. The van der Waals surface area contributed by atoms with E-state index in [1.165, 1.54) is 0 Å². The zero-order valence-electron chi connectivity index (χ0n) is 11.1. The van der Waals surface area contributed by atoms with Crippen LogP contribution in [0.3, 0.4) is 0 Å². The van der Waals surface area contributed by atoms with E-state index in [2.05, 4.69) is 4.98 Å². The van der Waals surface area contributed by atoms with Gasteiger partial charge < -0.3 is 15.0 Å². The van der Waals surface area contributed by atoms with Crippen molar-refractivity contribution in [1.82, 2.24) is 9.88 Å². The molecule has 5 heteroatoms. The lowest BCUT2D eigenvalue weighted by atomic mass is 10.1. The van der Waals surface area contributed by atoms with Crippen LogP contribution >= 0.6 is 11.6 Å². The summed E-state index contributed by atoms with van der Waals surface area (Å²) in [6, 6.07) is 5.95. The van der Waals surface area contributed by atoms with E-state index in [0.717, 1.165) is 29.3 Å². The van der Waals surface area contributed by atoms with Gasteiger partial charge in [0.1, 0.15) is 0 Å². The fraction of sp³-hybridized carbons (Fsp3) is 0.400. The number of fused-ring (bicyclic) bond motifs is 1. The first-order valence-corrected chi connectivity index (χ1v) is 7.22. The third kappa shape index (κ3) is 2.67. The predicted octanol–water partition coefficient (Wildman–Crippen LogP) is 2.35. The highest BCUT2D eigenvalue weighted by atomic mass is 35.5. The van der Waals surface area contributed by atoms with Gasteiger partial charge in [-0.1, -0.05) is 17.7 Å². The summed E-state index contributed by atoms with van der Waals surface area (Å²) in [6.07, 6.45) is 4.32. The topological polar surface area (TPSA) is 56.3 Å². The third-order valence-corrected chi connectivity index (χ3v) is 3.96. The van der Waals surface area contributed by atoms with E-state index >= 15 is 0 Å². The summed E-state index contributed by atoms with van der Waals surface area (Å²) in [6.45, 7) is 0.448. The van der Waals surface area contributed by atoms with E-state index in [1.54, 1.807) is 4.90 Å². The molecule has 2 N–H and O–H groups in total. The summed E-state index contributed by atoms with van der Waals surface area (Å²) < 4.78 is 0. The Labute approximate surface area is 122 Å². The number of aromatic amines is 1. The first kappa shape index (κ1) is 13.5. The normalized spacial score (nSPS) is 14.7. The summed E-state index contributed by atoms with van der Waals surface area (Å²) in [5.74, 6) is 0.0809. The first-order valence-electron chi connectivity index (χ1n) is 6.85. The van der Waals surface area contributed by atoms with Crippen LogP contribution in [-0.2, 0) is 11.2 Å². The quantitative estimate of drug-likeness (QED) is 0.889. The Bertz CT molecular complexity index is 634. The molecule has 0 spiro atoms. The summed E-state index contributed by atoms with van der Waals surface area (Å²) in [5.41, 5.74) is 1.92. The lowest BCUT2D eigenvalue weighted by Gasteiger charge is -2.21. The van der Waals surface area contributed by atoms with Gasteiger partial charge in [-0.25, -0.2) is 0 Å². The number of aliphatic hydroxyl groups is 1. The lowest BCUT2D eigenvalue weighted by Crippen LogP contribution is -2.36. The number of hydrogen-bond acceptors (Lipinski definition) is 2. The molecule has 0 saturated heterocycles. The van der Waals surface area contributed by atoms with Crippen molar-refractivity contribution in [1.29, 1.82) is 0 Å². The smallest absolute Gasteiger partial charge is 0.227 e. The number of hydrogen-bond donors (Lipinski definition) is 2. The van der Waals surface area contributed by atoms with Crippen molar-refractivity contribution in [2.24, 2.45) is 0 Å². The molecule has 1 aromatic carbocycles. The highest BCUT2D eigenvalue weighted by Gasteiger charge is 2.32. The molecule has 2 aromatic rings. The van der Waals surface area contributed by atoms with Crippen LogP contribution in [0.5, 0.6) is 0 Å². The summed E-state index contributed by atoms with van der Waals surface area (Å²) >= 11 is 5.95. The molecule has 1 fully saturated rings. The van der Waals surface area contributed by atoms with Gasteiger partial charge in [-0.2, -0.15) is 0 Å². The monoisotopic (exact) mass is 292 g/mol.